The van der Waals surface area contributed by atoms with E-state index in [2.05, 4.69) is 32.7 Å². The zero-order chi connectivity index (χ0) is 17.7. The van der Waals surface area contributed by atoms with Crippen LogP contribution in [0.1, 0.15) is 24.0 Å². The van der Waals surface area contributed by atoms with Gasteiger partial charge in [0, 0.05) is 42.8 Å². The largest absolute Gasteiger partial charge is 0.481 e. The average molecular weight is 359 g/mol. The Bertz CT molecular complexity index is 741. The third kappa shape index (κ3) is 4.42. The van der Waals surface area contributed by atoms with Crippen LogP contribution >= 0.6 is 11.6 Å². The molecule has 1 aliphatic rings. The molecule has 1 heterocycles. The van der Waals surface area contributed by atoms with E-state index >= 15 is 0 Å². The quantitative estimate of drug-likeness (QED) is 0.615. The molecule has 0 atom stereocenters. The van der Waals surface area contributed by atoms with E-state index in [4.69, 9.17) is 16.3 Å². The Kier molecular flexibility index (Phi) is 5.43. The molecule has 2 N–H and O–H groups in total. The summed E-state index contributed by atoms with van der Waals surface area (Å²) in [7, 11) is 3.39. The van der Waals surface area contributed by atoms with Crippen molar-refractivity contribution in [2.45, 2.75) is 24.8 Å². The lowest BCUT2D eigenvalue weighted by molar-refractivity contribution is 0.397. The van der Waals surface area contributed by atoms with Gasteiger partial charge in [-0.2, -0.15) is 0 Å². The van der Waals surface area contributed by atoms with Crippen molar-refractivity contribution in [2.75, 3.05) is 20.7 Å². The zero-order valence-corrected chi connectivity index (χ0v) is 15.3. The molecular weight excluding hydrogens is 336 g/mol. The molecule has 25 heavy (non-hydrogen) atoms. The van der Waals surface area contributed by atoms with Crippen LogP contribution in [0, 0.1) is 0 Å². The summed E-state index contributed by atoms with van der Waals surface area (Å²) < 4.78 is 5.07. The van der Waals surface area contributed by atoms with Gasteiger partial charge in [0.1, 0.15) is 0 Å². The van der Waals surface area contributed by atoms with Crippen LogP contribution in [-0.4, -0.2) is 31.6 Å². The molecule has 132 valence electrons. The molecule has 0 saturated heterocycles. The van der Waals surface area contributed by atoms with Crippen LogP contribution in [0.15, 0.2) is 47.6 Å². The van der Waals surface area contributed by atoms with Gasteiger partial charge in [0.05, 0.1) is 7.11 Å². The first-order valence-electron chi connectivity index (χ1n) is 8.35. The van der Waals surface area contributed by atoms with E-state index in [1.165, 1.54) is 18.4 Å². The highest BCUT2D eigenvalue weighted by Crippen LogP contribution is 2.48. The number of aromatic nitrogens is 1. The van der Waals surface area contributed by atoms with Crippen molar-refractivity contribution in [3.05, 3.63) is 58.7 Å². The lowest BCUT2D eigenvalue weighted by atomic mass is 9.96. The fourth-order valence-electron chi connectivity index (χ4n) is 2.83. The molecule has 1 aromatic heterocycles. The van der Waals surface area contributed by atoms with Crippen molar-refractivity contribution in [1.29, 1.82) is 0 Å². The lowest BCUT2D eigenvalue weighted by Gasteiger charge is -2.19. The van der Waals surface area contributed by atoms with E-state index in [1.807, 2.05) is 24.3 Å². The highest BCUT2D eigenvalue weighted by Gasteiger charge is 2.44. The minimum absolute atomic E-state index is 0.171. The Morgan fingerprint density at radius 1 is 1.28 bits per heavy atom. The fraction of sp³-hybridized carbons (Fsp3) is 0.368. The number of benzene rings is 1. The zero-order valence-electron chi connectivity index (χ0n) is 14.6. The van der Waals surface area contributed by atoms with Gasteiger partial charge in [0.2, 0.25) is 5.88 Å². The molecule has 3 rings (SSSR count). The van der Waals surface area contributed by atoms with Gasteiger partial charge in [-0.15, -0.1) is 0 Å². The number of rotatable bonds is 6. The minimum Gasteiger partial charge on any atom is -0.481 e. The van der Waals surface area contributed by atoms with Gasteiger partial charge >= 0.3 is 0 Å². The van der Waals surface area contributed by atoms with E-state index < -0.39 is 0 Å². The number of nitrogens with zero attached hydrogens (tertiary/aromatic N) is 2. The van der Waals surface area contributed by atoms with E-state index in [9.17, 15) is 0 Å². The maximum atomic E-state index is 6.14. The molecule has 1 saturated carbocycles. The van der Waals surface area contributed by atoms with Crippen LogP contribution < -0.4 is 15.4 Å². The number of methoxy groups -OCH3 is 1. The van der Waals surface area contributed by atoms with Gasteiger partial charge in [0.25, 0.3) is 0 Å². The molecule has 0 radical (unpaired) electrons. The minimum atomic E-state index is 0.171. The van der Waals surface area contributed by atoms with Gasteiger partial charge in [-0.3, -0.25) is 4.99 Å². The standard InChI is InChI=1S/C19H23ClN4O/c1-21-18(23-12-14-6-7-17(25-2)22-11-14)24-13-19(8-9-19)15-4-3-5-16(20)10-15/h3-7,10-11H,8-9,12-13H2,1-2H3,(H2,21,23,24). The Hall–Kier alpha value is -2.27. The smallest absolute Gasteiger partial charge is 0.212 e. The fourth-order valence-corrected chi connectivity index (χ4v) is 3.02. The van der Waals surface area contributed by atoms with Crippen molar-refractivity contribution in [3.8, 4) is 5.88 Å². The molecule has 0 unspecified atom stereocenters. The van der Waals surface area contributed by atoms with Crippen LogP contribution in [0.5, 0.6) is 5.88 Å². The van der Waals surface area contributed by atoms with Crippen LogP contribution in [0.4, 0.5) is 0 Å². The van der Waals surface area contributed by atoms with E-state index in [0.29, 0.717) is 12.4 Å². The predicted octanol–water partition coefficient (Wildman–Crippen LogP) is 3.14. The molecular formula is C19H23ClN4O. The molecule has 6 heteroatoms. The van der Waals surface area contributed by atoms with Crippen molar-refractivity contribution >= 4 is 17.6 Å². The van der Waals surface area contributed by atoms with Crippen LogP contribution in [-0.2, 0) is 12.0 Å². The number of hydrogen-bond acceptors (Lipinski definition) is 3. The summed E-state index contributed by atoms with van der Waals surface area (Å²) >= 11 is 6.14. The van der Waals surface area contributed by atoms with Crippen LogP contribution in [0.2, 0.25) is 5.02 Å². The summed E-state index contributed by atoms with van der Waals surface area (Å²) in [5.74, 6) is 1.40. The molecule has 0 aliphatic heterocycles. The molecule has 1 aliphatic carbocycles. The van der Waals surface area contributed by atoms with Gasteiger partial charge in [-0.05, 0) is 36.1 Å². The lowest BCUT2D eigenvalue weighted by Crippen LogP contribution is -2.40. The number of hydrogen-bond donors (Lipinski definition) is 2. The predicted molar refractivity (Wildman–Crippen MR) is 101 cm³/mol. The Morgan fingerprint density at radius 2 is 2.12 bits per heavy atom. The highest BCUT2D eigenvalue weighted by atomic mass is 35.5. The molecule has 2 aromatic rings. The first-order chi connectivity index (χ1) is 12.1. The van der Waals surface area contributed by atoms with E-state index in [1.54, 1.807) is 20.4 Å². The van der Waals surface area contributed by atoms with Crippen molar-refractivity contribution < 1.29 is 4.74 Å². The SMILES string of the molecule is CN=C(NCc1ccc(OC)nc1)NCC1(c2cccc(Cl)c2)CC1. The first kappa shape index (κ1) is 17.5. The topological polar surface area (TPSA) is 58.5 Å². The molecule has 0 amide bonds. The number of pyridine rings is 1. The third-order valence-corrected chi connectivity index (χ3v) is 4.81. The molecule has 0 spiro atoms. The average Bonchev–Trinajstić information content (AvgIpc) is 3.43. The van der Waals surface area contributed by atoms with E-state index in [0.717, 1.165) is 23.1 Å². The van der Waals surface area contributed by atoms with Gasteiger partial charge in [-0.25, -0.2) is 4.98 Å². The summed E-state index contributed by atoms with van der Waals surface area (Å²) in [6.07, 6.45) is 4.13. The molecule has 5 nitrogen and oxygen atoms in total. The summed E-state index contributed by atoms with van der Waals surface area (Å²) in [5, 5.41) is 7.54. The summed E-state index contributed by atoms with van der Waals surface area (Å²) in [4.78, 5) is 8.51. The molecule has 0 bridgehead atoms. The van der Waals surface area contributed by atoms with Gasteiger partial charge < -0.3 is 15.4 Å². The Labute approximate surface area is 153 Å². The maximum Gasteiger partial charge on any atom is 0.212 e. The number of aliphatic imine (C=N–C) groups is 1. The number of nitrogens with one attached hydrogen (secondary N) is 2. The second-order valence-electron chi connectivity index (χ2n) is 6.28. The molecule has 1 fully saturated rings. The van der Waals surface area contributed by atoms with Crippen molar-refractivity contribution in [2.24, 2.45) is 4.99 Å². The number of ether oxygens (including phenoxy) is 1. The monoisotopic (exact) mass is 358 g/mol. The maximum absolute atomic E-state index is 6.14. The second-order valence-corrected chi connectivity index (χ2v) is 6.72. The Balaban J connectivity index is 1.54. The van der Waals surface area contributed by atoms with Gasteiger partial charge in [-0.1, -0.05) is 29.8 Å². The highest BCUT2D eigenvalue weighted by molar-refractivity contribution is 6.30. The van der Waals surface area contributed by atoms with E-state index in [-0.39, 0.29) is 5.41 Å². The summed E-state index contributed by atoms with van der Waals surface area (Å²) in [5.41, 5.74) is 2.53. The van der Waals surface area contributed by atoms with Crippen molar-refractivity contribution in [1.82, 2.24) is 15.6 Å². The first-order valence-corrected chi connectivity index (χ1v) is 8.72. The number of halogens is 1. The van der Waals surface area contributed by atoms with Crippen LogP contribution in [0.3, 0.4) is 0 Å². The summed E-state index contributed by atoms with van der Waals surface area (Å²) in [6.45, 7) is 1.49. The molecule has 1 aromatic carbocycles. The normalized spacial score (nSPS) is 15.6. The summed E-state index contributed by atoms with van der Waals surface area (Å²) in [6, 6.07) is 12.0. The van der Waals surface area contributed by atoms with Crippen LogP contribution in [0.25, 0.3) is 0 Å². The third-order valence-electron chi connectivity index (χ3n) is 4.58. The second kappa shape index (κ2) is 7.74. The van der Waals surface area contributed by atoms with Crippen molar-refractivity contribution in [3.63, 3.8) is 0 Å². The Morgan fingerprint density at radius 3 is 2.72 bits per heavy atom. The number of guanidine groups is 1. The van der Waals surface area contributed by atoms with Gasteiger partial charge in [0.15, 0.2) is 5.96 Å².